The lowest BCUT2D eigenvalue weighted by molar-refractivity contribution is 0.157. The standard InChI is InChI=1S/C14H16N2O3/c1-18-13-5-4-11(3-2-6-15)12(9-13)10-16-7-8-19-14(16)17/h4-5,9H,6-8,10,15H2,1H3. The van der Waals surface area contributed by atoms with Crippen LogP contribution in [-0.4, -0.2) is 37.8 Å². The highest BCUT2D eigenvalue weighted by molar-refractivity contribution is 5.69. The number of hydrogen-bond donors (Lipinski definition) is 1. The molecule has 1 saturated heterocycles. The third-order valence-electron chi connectivity index (χ3n) is 2.84. The minimum absolute atomic E-state index is 0.291. The van der Waals surface area contributed by atoms with E-state index in [1.165, 1.54) is 0 Å². The maximum absolute atomic E-state index is 11.5. The lowest BCUT2D eigenvalue weighted by Gasteiger charge is -2.14. The summed E-state index contributed by atoms with van der Waals surface area (Å²) < 4.78 is 10.1. The van der Waals surface area contributed by atoms with Gasteiger partial charge in [-0.05, 0) is 23.8 Å². The first-order valence-corrected chi connectivity index (χ1v) is 6.02. The number of ether oxygens (including phenoxy) is 2. The maximum atomic E-state index is 11.5. The number of cyclic esters (lactones) is 1. The Kier molecular flexibility index (Phi) is 4.26. The molecule has 1 aromatic rings. The SMILES string of the molecule is COc1ccc(C#CCN)c(CN2CCOC2=O)c1. The van der Waals surface area contributed by atoms with Crippen molar-refractivity contribution in [3.8, 4) is 17.6 Å². The number of nitrogens with two attached hydrogens (primary N) is 1. The average Bonchev–Trinajstić information content (AvgIpc) is 2.83. The minimum atomic E-state index is -0.291. The maximum Gasteiger partial charge on any atom is 0.410 e. The molecule has 1 aromatic carbocycles. The smallest absolute Gasteiger partial charge is 0.410 e. The van der Waals surface area contributed by atoms with Gasteiger partial charge in [0, 0.05) is 5.56 Å². The lowest BCUT2D eigenvalue weighted by Crippen LogP contribution is -2.24. The Morgan fingerprint density at radius 3 is 3.00 bits per heavy atom. The van der Waals surface area contributed by atoms with Crippen LogP contribution in [0.2, 0.25) is 0 Å². The van der Waals surface area contributed by atoms with Gasteiger partial charge in [-0.3, -0.25) is 0 Å². The molecule has 1 amide bonds. The number of amides is 1. The fourth-order valence-electron chi connectivity index (χ4n) is 1.87. The molecule has 2 N–H and O–H groups in total. The number of rotatable bonds is 3. The first-order valence-electron chi connectivity index (χ1n) is 6.02. The largest absolute Gasteiger partial charge is 0.497 e. The number of benzene rings is 1. The molecule has 19 heavy (non-hydrogen) atoms. The molecule has 0 atom stereocenters. The number of carbonyl (C=O) groups excluding carboxylic acids is 1. The molecule has 1 aliphatic heterocycles. The zero-order valence-corrected chi connectivity index (χ0v) is 10.8. The Hall–Kier alpha value is -2.19. The highest BCUT2D eigenvalue weighted by Crippen LogP contribution is 2.20. The molecule has 0 spiro atoms. The van der Waals surface area contributed by atoms with Gasteiger partial charge in [-0.15, -0.1) is 0 Å². The van der Waals surface area contributed by atoms with E-state index in [9.17, 15) is 4.79 Å². The van der Waals surface area contributed by atoms with Gasteiger partial charge in [-0.25, -0.2) is 4.79 Å². The van der Waals surface area contributed by atoms with Crippen molar-refractivity contribution >= 4 is 6.09 Å². The van der Waals surface area contributed by atoms with Crippen LogP contribution >= 0.6 is 0 Å². The normalized spacial score (nSPS) is 13.8. The first kappa shape index (κ1) is 13.2. The molecule has 0 aromatic heterocycles. The van der Waals surface area contributed by atoms with E-state index in [-0.39, 0.29) is 6.09 Å². The van der Waals surface area contributed by atoms with Crippen LogP contribution in [0.1, 0.15) is 11.1 Å². The summed E-state index contributed by atoms with van der Waals surface area (Å²) in [5.74, 6) is 6.56. The monoisotopic (exact) mass is 260 g/mol. The highest BCUT2D eigenvalue weighted by Gasteiger charge is 2.22. The predicted octanol–water partition coefficient (Wildman–Crippen LogP) is 0.958. The lowest BCUT2D eigenvalue weighted by atomic mass is 10.1. The molecular formula is C14H16N2O3. The molecule has 1 aliphatic rings. The van der Waals surface area contributed by atoms with Crippen LogP contribution < -0.4 is 10.5 Å². The van der Waals surface area contributed by atoms with E-state index >= 15 is 0 Å². The predicted molar refractivity (Wildman–Crippen MR) is 70.7 cm³/mol. The van der Waals surface area contributed by atoms with Crippen LogP contribution in [0.3, 0.4) is 0 Å². The van der Waals surface area contributed by atoms with Crippen LogP contribution in [0.25, 0.3) is 0 Å². The van der Waals surface area contributed by atoms with Crippen LogP contribution in [0.4, 0.5) is 4.79 Å². The first-order chi connectivity index (χ1) is 9.24. The van der Waals surface area contributed by atoms with E-state index in [1.807, 2.05) is 18.2 Å². The van der Waals surface area contributed by atoms with Crippen molar-refractivity contribution in [3.63, 3.8) is 0 Å². The Bertz CT molecular complexity index is 531. The Balaban J connectivity index is 2.26. The molecule has 5 heteroatoms. The number of hydrogen-bond acceptors (Lipinski definition) is 4. The average molecular weight is 260 g/mol. The van der Waals surface area contributed by atoms with Crippen molar-refractivity contribution in [2.45, 2.75) is 6.54 Å². The number of nitrogens with zero attached hydrogens (tertiary/aromatic N) is 1. The Morgan fingerprint density at radius 1 is 1.53 bits per heavy atom. The van der Waals surface area contributed by atoms with Gasteiger partial charge < -0.3 is 20.1 Å². The van der Waals surface area contributed by atoms with Gasteiger partial charge in [0.2, 0.25) is 0 Å². The summed E-state index contributed by atoms with van der Waals surface area (Å²) in [6.07, 6.45) is -0.291. The van der Waals surface area contributed by atoms with E-state index in [0.717, 1.165) is 16.9 Å². The Labute approximate surface area is 112 Å². The zero-order chi connectivity index (χ0) is 13.7. The second kappa shape index (κ2) is 6.12. The van der Waals surface area contributed by atoms with E-state index in [1.54, 1.807) is 12.0 Å². The summed E-state index contributed by atoms with van der Waals surface area (Å²) in [5, 5.41) is 0. The molecule has 0 radical (unpaired) electrons. The van der Waals surface area contributed by atoms with Crippen molar-refractivity contribution in [3.05, 3.63) is 29.3 Å². The highest BCUT2D eigenvalue weighted by atomic mass is 16.6. The third kappa shape index (κ3) is 3.18. The number of carbonyl (C=O) groups is 1. The van der Waals surface area contributed by atoms with Gasteiger partial charge in [0.05, 0.1) is 26.7 Å². The molecule has 0 saturated carbocycles. The summed E-state index contributed by atoms with van der Waals surface area (Å²) in [6.45, 7) is 1.80. The van der Waals surface area contributed by atoms with Crippen molar-refractivity contribution in [2.24, 2.45) is 5.73 Å². The van der Waals surface area contributed by atoms with Crippen LogP contribution in [0, 0.1) is 11.8 Å². The van der Waals surface area contributed by atoms with Gasteiger partial charge >= 0.3 is 6.09 Å². The summed E-state index contributed by atoms with van der Waals surface area (Å²) in [6, 6.07) is 5.59. The van der Waals surface area contributed by atoms with Crippen molar-refractivity contribution in [1.82, 2.24) is 4.90 Å². The summed E-state index contributed by atoms with van der Waals surface area (Å²) >= 11 is 0. The minimum Gasteiger partial charge on any atom is -0.497 e. The molecule has 1 fully saturated rings. The van der Waals surface area contributed by atoms with Crippen LogP contribution in [0.5, 0.6) is 5.75 Å². The third-order valence-corrected chi connectivity index (χ3v) is 2.84. The van der Waals surface area contributed by atoms with Crippen molar-refractivity contribution in [1.29, 1.82) is 0 Å². The summed E-state index contributed by atoms with van der Waals surface area (Å²) in [4.78, 5) is 13.1. The zero-order valence-electron chi connectivity index (χ0n) is 10.8. The van der Waals surface area contributed by atoms with Gasteiger partial charge in [0.1, 0.15) is 12.4 Å². The second-order valence-electron chi connectivity index (χ2n) is 4.06. The van der Waals surface area contributed by atoms with Crippen molar-refractivity contribution < 1.29 is 14.3 Å². The number of methoxy groups -OCH3 is 1. The van der Waals surface area contributed by atoms with E-state index in [2.05, 4.69) is 11.8 Å². The van der Waals surface area contributed by atoms with Gasteiger partial charge in [-0.2, -0.15) is 0 Å². The Morgan fingerprint density at radius 2 is 2.37 bits per heavy atom. The molecule has 5 nitrogen and oxygen atoms in total. The van der Waals surface area contributed by atoms with Gasteiger partial charge in [0.15, 0.2) is 0 Å². The van der Waals surface area contributed by atoms with Gasteiger partial charge in [-0.1, -0.05) is 11.8 Å². The molecule has 2 rings (SSSR count). The fourth-order valence-corrected chi connectivity index (χ4v) is 1.87. The van der Waals surface area contributed by atoms with E-state index in [4.69, 9.17) is 15.2 Å². The quantitative estimate of drug-likeness (QED) is 0.822. The second-order valence-corrected chi connectivity index (χ2v) is 4.06. The van der Waals surface area contributed by atoms with Crippen molar-refractivity contribution in [2.75, 3.05) is 26.8 Å². The topological polar surface area (TPSA) is 64.8 Å². The van der Waals surface area contributed by atoms with Gasteiger partial charge in [0.25, 0.3) is 0 Å². The van der Waals surface area contributed by atoms with Crippen LogP contribution in [0.15, 0.2) is 18.2 Å². The fraction of sp³-hybridized carbons (Fsp3) is 0.357. The summed E-state index contributed by atoms with van der Waals surface area (Å²) in [7, 11) is 1.61. The molecule has 100 valence electrons. The van der Waals surface area contributed by atoms with E-state index < -0.39 is 0 Å². The molecular weight excluding hydrogens is 244 g/mol. The molecule has 0 bridgehead atoms. The molecule has 0 unspecified atom stereocenters. The molecule has 0 aliphatic carbocycles. The summed E-state index contributed by atoms with van der Waals surface area (Å²) in [5.41, 5.74) is 7.17. The van der Waals surface area contributed by atoms with E-state index in [0.29, 0.717) is 26.2 Å². The van der Waals surface area contributed by atoms with Crippen LogP contribution in [-0.2, 0) is 11.3 Å². The molecule has 1 heterocycles.